The van der Waals surface area contributed by atoms with Crippen LogP contribution in [-0.4, -0.2) is 43.9 Å². The number of rotatable bonds is 29. The second-order valence-corrected chi connectivity index (χ2v) is 20.8. The fourth-order valence-electron chi connectivity index (χ4n) is 9.15. The zero-order valence-corrected chi connectivity index (χ0v) is 41.8. The van der Waals surface area contributed by atoms with Crippen molar-refractivity contribution in [2.24, 2.45) is 17.8 Å². The smallest absolute Gasteiger partial charge is 0.137 e. The van der Waals surface area contributed by atoms with E-state index in [9.17, 15) is 4.79 Å². The first kappa shape index (κ1) is 51.1. The molecule has 0 amide bonds. The topological polar surface area (TPSA) is 67.8 Å². The highest BCUT2D eigenvalue weighted by Crippen LogP contribution is 2.34. The standard InChI is InChI=1S/C23H38O.C20H28O2.C17H22O2/c1-4-6-7-11-21(16-17-23-18-24-23)22-14-12-20(13-15-22)10-8-9-19(3)5-2;1-4-14(2)8-9-16-11-17(6-5-7-18-13-21-18)19-10-15(3)22-20(19)12-16;18-16(9-7-13-1-2-13)11-15-5-3-14(4-6-15)8-10-17-12-19-17/h12-15,19,21,23H,4-11,16-18H2,1-3H3;10-12,14,18H,4-9,13H2,1-3H3;3-6,13,17H,1-2,7-12H2. The van der Waals surface area contributed by atoms with E-state index in [1.54, 1.807) is 5.56 Å². The first-order chi connectivity index (χ1) is 31.7. The molecule has 6 atom stereocenters. The molecule has 8 rings (SSSR count). The molecule has 0 N–H and O–H groups in total. The third-order valence-electron chi connectivity index (χ3n) is 14.7. The Morgan fingerprint density at radius 1 is 0.600 bits per heavy atom. The number of ketones is 1. The van der Waals surface area contributed by atoms with E-state index in [0.29, 0.717) is 30.5 Å². The number of fused-ring (bicyclic) bond motifs is 1. The Bertz CT molecular complexity index is 1930. The lowest BCUT2D eigenvalue weighted by Crippen LogP contribution is -2.03. The van der Waals surface area contributed by atoms with Crippen molar-refractivity contribution in [2.75, 3.05) is 19.8 Å². The first-order valence-electron chi connectivity index (χ1n) is 26.7. The number of furan rings is 1. The van der Waals surface area contributed by atoms with Crippen molar-refractivity contribution >= 4 is 16.8 Å². The van der Waals surface area contributed by atoms with Gasteiger partial charge in [-0.2, -0.15) is 0 Å². The monoisotopic (exact) mass is 889 g/mol. The van der Waals surface area contributed by atoms with Crippen molar-refractivity contribution < 1.29 is 23.4 Å². The molecule has 3 aromatic carbocycles. The van der Waals surface area contributed by atoms with Crippen molar-refractivity contribution in [3.63, 3.8) is 0 Å². The number of hydrogen-bond donors (Lipinski definition) is 0. The van der Waals surface area contributed by atoms with Gasteiger partial charge in [-0.15, -0.1) is 0 Å². The predicted octanol–water partition coefficient (Wildman–Crippen LogP) is 15.7. The zero-order valence-electron chi connectivity index (χ0n) is 41.8. The lowest BCUT2D eigenvalue weighted by atomic mass is 9.88. The summed E-state index contributed by atoms with van der Waals surface area (Å²) in [5.41, 5.74) is 9.53. The largest absolute Gasteiger partial charge is 0.461 e. The number of unbranched alkanes of at least 4 members (excludes halogenated alkanes) is 2. The van der Waals surface area contributed by atoms with Crippen LogP contribution in [0.5, 0.6) is 0 Å². The number of epoxide rings is 3. The highest BCUT2D eigenvalue weighted by molar-refractivity contribution is 5.82. The van der Waals surface area contributed by atoms with Crippen molar-refractivity contribution in [1.29, 1.82) is 0 Å². The second kappa shape index (κ2) is 27.5. The number of aryl methyl sites for hydroxylation is 5. The van der Waals surface area contributed by atoms with Crippen LogP contribution in [0, 0.1) is 24.7 Å². The van der Waals surface area contributed by atoms with E-state index in [4.69, 9.17) is 18.6 Å². The minimum absolute atomic E-state index is 0.394. The van der Waals surface area contributed by atoms with Crippen LogP contribution in [0.15, 0.2) is 71.1 Å². The summed E-state index contributed by atoms with van der Waals surface area (Å²) in [7, 11) is 0. The summed E-state index contributed by atoms with van der Waals surface area (Å²) >= 11 is 0. The molecular formula is C60H88O5. The Kier molecular flexibility index (Phi) is 21.7. The van der Waals surface area contributed by atoms with Gasteiger partial charge in [0.05, 0.1) is 38.1 Å². The Morgan fingerprint density at radius 3 is 1.89 bits per heavy atom. The van der Waals surface area contributed by atoms with Gasteiger partial charge in [-0.1, -0.05) is 141 Å². The maximum absolute atomic E-state index is 11.8. The van der Waals surface area contributed by atoms with E-state index in [0.717, 1.165) is 98.9 Å². The average Bonchev–Trinajstić information content (AvgIpc) is 4.10. The van der Waals surface area contributed by atoms with Crippen molar-refractivity contribution in [2.45, 2.75) is 213 Å². The minimum atomic E-state index is 0.394. The Hall–Kier alpha value is -3.25. The zero-order chi connectivity index (χ0) is 45.8. The van der Waals surface area contributed by atoms with Crippen LogP contribution in [0.2, 0.25) is 0 Å². The molecule has 0 bridgehead atoms. The molecule has 0 spiro atoms. The van der Waals surface area contributed by atoms with Crippen molar-refractivity contribution in [1.82, 2.24) is 0 Å². The van der Waals surface area contributed by atoms with Crippen LogP contribution < -0.4 is 0 Å². The van der Waals surface area contributed by atoms with E-state index >= 15 is 0 Å². The number of carbonyl (C=O) groups is 1. The number of benzene rings is 3. The molecule has 4 fully saturated rings. The fourth-order valence-corrected chi connectivity index (χ4v) is 9.15. The Balaban J connectivity index is 0.000000162. The normalized spacial score (nSPS) is 19.7. The van der Waals surface area contributed by atoms with Crippen LogP contribution in [0.3, 0.4) is 0 Å². The molecule has 3 saturated heterocycles. The molecule has 4 aromatic rings. The van der Waals surface area contributed by atoms with Gasteiger partial charge in [0.25, 0.3) is 0 Å². The molecule has 358 valence electrons. The molecule has 65 heavy (non-hydrogen) atoms. The molecular weight excluding hydrogens is 801 g/mol. The number of hydrogen-bond acceptors (Lipinski definition) is 5. The summed E-state index contributed by atoms with van der Waals surface area (Å²) in [5.74, 6) is 4.67. The molecule has 1 aromatic heterocycles. The minimum Gasteiger partial charge on any atom is -0.461 e. The highest BCUT2D eigenvalue weighted by atomic mass is 16.6. The summed E-state index contributed by atoms with van der Waals surface area (Å²) in [5, 5.41) is 1.31. The molecule has 3 aliphatic heterocycles. The van der Waals surface area contributed by atoms with Crippen LogP contribution >= 0.6 is 0 Å². The highest BCUT2D eigenvalue weighted by Gasteiger charge is 2.25. The van der Waals surface area contributed by atoms with E-state index in [-0.39, 0.29) is 0 Å². The molecule has 1 aliphatic carbocycles. The van der Waals surface area contributed by atoms with Gasteiger partial charge >= 0.3 is 0 Å². The number of Topliss-reactive ketones (excluding diaryl/α,β-unsaturated/α-hetero) is 1. The number of carbonyl (C=O) groups excluding carboxylic acids is 1. The quantitative estimate of drug-likeness (QED) is 0.0401. The third kappa shape index (κ3) is 20.3. The van der Waals surface area contributed by atoms with Gasteiger partial charge in [0.2, 0.25) is 0 Å². The second-order valence-electron chi connectivity index (χ2n) is 20.8. The average molecular weight is 889 g/mol. The summed E-state index contributed by atoms with van der Waals surface area (Å²) in [6, 6.07) is 25.0. The van der Waals surface area contributed by atoms with Gasteiger partial charge < -0.3 is 18.6 Å². The number of ether oxygens (including phenoxy) is 3. The van der Waals surface area contributed by atoms with E-state index < -0.39 is 0 Å². The SMILES string of the molecule is CCC(C)CCc1cc(CCCC2CO2)c2cc(C)oc2c1.CCCCCC(CCC1CO1)c1ccc(CCCC(C)CC)cc1.O=C(CCC1CC1)Cc1ccc(CCC2CO2)cc1. The molecule has 4 aliphatic rings. The first-order valence-corrected chi connectivity index (χ1v) is 26.7. The lowest BCUT2D eigenvalue weighted by molar-refractivity contribution is -0.118. The molecule has 4 heterocycles. The van der Waals surface area contributed by atoms with Crippen LogP contribution in [0.4, 0.5) is 0 Å². The molecule has 1 saturated carbocycles. The van der Waals surface area contributed by atoms with E-state index in [1.807, 2.05) is 6.92 Å². The fraction of sp³-hybridized carbons (Fsp3) is 0.650. The maximum atomic E-state index is 11.8. The van der Waals surface area contributed by atoms with Crippen LogP contribution in [-0.2, 0) is 51.1 Å². The summed E-state index contributed by atoms with van der Waals surface area (Å²) < 4.78 is 21.8. The Morgan fingerprint density at radius 2 is 1.23 bits per heavy atom. The van der Waals surface area contributed by atoms with E-state index in [1.165, 1.54) is 130 Å². The summed E-state index contributed by atoms with van der Waals surface area (Å²) in [6.45, 7) is 16.5. The van der Waals surface area contributed by atoms with Gasteiger partial charge in [0, 0.05) is 18.2 Å². The molecule has 6 unspecified atom stereocenters. The van der Waals surface area contributed by atoms with Gasteiger partial charge in [-0.05, 0) is 160 Å². The van der Waals surface area contributed by atoms with E-state index in [2.05, 4.69) is 101 Å². The van der Waals surface area contributed by atoms with Gasteiger partial charge in [-0.3, -0.25) is 4.79 Å². The van der Waals surface area contributed by atoms with Gasteiger partial charge in [0.15, 0.2) is 0 Å². The van der Waals surface area contributed by atoms with Gasteiger partial charge in [-0.25, -0.2) is 0 Å². The summed E-state index contributed by atoms with van der Waals surface area (Å²) in [4.78, 5) is 11.8. The Labute approximate surface area is 395 Å². The van der Waals surface area contributed by atoms with Crippen molar-refractivity contribution in [3.8, 4) is 0 Å². The molecule has 5 heteroatoms. The summed E-state index contributed by atoms with van der Waals surface area (Å²) in [6.07, 6.45) is 29.3. The molecule has 0 radical (unpaired) electrons. The maximum Gasteiger partial charge on any atom is 0.137 e. The van der Waals surface area contributed by atoms with Gasteiger partial charge in [0.1, 0.15) is 17.1 Å². The van der Waals surface area contributed by atoms with Crippen LogP contribution in [0.25, 0.3) is 11.0 Å². The molecule has 5 nitrogen and oxygen atoms in total. The lowest BCUT2D eigenvalue weighted by Gasteiger charge is -2.17. The van der Waals surface area contributed by atoms with Crippen molar-refractivity contribution in [3.05, 3.63) is 106 Å². The third-order valence-corrected chi connectivity index (χ3v) is 14.7. The predicted molar refractivity (Wildman–Crippen MR) is 271 cm³/mol. The van der Waals surface area contributed by atoms with Crippen LogP contribution in [0.1, 0.15) is 195 Å².